The second kappa shape index (κ2) is 4.65. The molecule has 1 fully saturated rings. The Labute approximate surface area is 96.3 Å². The Bertz CT molecular complexity index is 421. The molecule has 0 spiro atoms. The highest BCUT2D eigenvalue weighted by Gasteiger charge is 2.23. The third-order valence-corrected chi connectivity index (χ3v) is 2.78. The summed E-state index contributed by atoms with van der Waals surface area (Å²) >= 11 is 0. The first kappa shape index (κ1) is 11.8. The van der Waals surface area contributed by atoms with Crippen molar-refractivity contribution in [2.24, 2.45) is 0 Å². The minimum Gasteiger partial charge on any atom is -0.484 e. The Morgan fingerprint density at radius 3 is 2.24 bits per heavy atom. The van der Waals surface area contributed by atoms with Gasteiger partial charge in [0.05, 0.1) is 23.2 Å². The maximum Gasteiger partial charge on any atom is 0.275 e. The minimum atomic E-state index is -1.02. The smallest absolute Gasteiger partial charge is 0.275 e. The summed E-state index contributed by atoms with van der Waals surface area (Å²) in [5, 5.41) is 10.4. The van der Waals surface area contributed by atoms with Crippen molar-refractivity contribution in [3.05, 3.63) is 33.9 Å². The predicted octanol–water partition coefficient (Wildman–Crippen LogP) is 3.19. The lowest BCUT2D eigenvalue weighted by molar-refractivity contribution is -0.385. The molecule has 1 saturated carbocycles. The maximum atomic E-state index is 13.5. The zero-order chi connectivity index (χ0) is 12.4. The van der Waals surface area contributed by atoms with Crippen LogP contribution in [0.2, 0.25) is 0 Å². The summed E-state index contributed by atoms with van der Waals surface area (Å²) in [7, 11) is 0. The summed E-state index contributed by atoms with van der Waals surface area (Å²) in [5.41, 5.74) is -0.612. The van der Waals surface area contributed by atoms with Gasteiger partial charge in [0.25, 0.3) is 5.69 Å². The SMILES string of the molecule is O=[N+]([O-])c1cc(F)c(OC2CCCC2)c(F)c1. The van der Waals surface area contributed by atoms with E-state index in [0.29, 0.717) is 12.1 Å². The van der Waals surface area contributed by atoms with Gasteiger partial charge in [0.1, 0.15) is 0 Å². The number of hydrogen-bond acceptors (Lipinski definition) is 3. The van der Waals surface area contributed by atoms with Gasteiger partial charge in [-0.2, -0.15) is 0 Å². The summed E-state index contributed by atoms with van der Waals surface area (Å²) < 4.78 is 32.1. The van der Waals surface area contributed by atoms with Gasteiger partial charge < -0.3 is 4.74 Å². The summed E-state index contributed by atoms with van der Waals surface area (Å²) in [6.45, 7) is 0. The highest BCUT2D eigenvalue weighted by molar-refractivity contribution is 5.39. The molecule has 1 aromatic carbocycles. The van der Waals surface area contributed by atoms with Gasteiger partial charge in [0, 0.05) is 0 Å². The number of hydrogen-bond donors (Lipinski definition) is 0. The molecule has 4 nitrogen and oxygen atoms in total. The van der Waals surface area contributed by atoms with Gasteiger partial charge in [-0.1, -0.05) is 0 Å². The van der Waals surface area contributed by atoms with Gasteiger partial charge in [-0.3, -0.25) is 10.1 Å². The molecule has 0 radical (unpaired) electrons. The highest BCUT2D eigenvalue weighted by atomic mass is 19.1. The second-order valence-corrected chi connectivity index (χ2v) is 4.02. The standard InChI is InChI=1S/C11H11F2NO3/c12-9-5-7(14(15)16)6-10(13)11(9)17-8-3-1-2-4-8/h5-6,8H,1-4H2. The summed E-state index contributed by atoms with van der Waals surface area (Å²) in [6.07, 6.45) is 3.27. The van der Waals surface area contributed by atoms with Crippen LogP contribution in [0.25, 0.3) is 0 Å². The van der Waals surface area contributed by atoms with E-state index in [1.807, 2.05) is 0 Å². The van der Waals surface area contributed by atoms with E-state index in [1.54, 1.807) is 0 Å². The molecule has 0 saturated heterocycles. The van der Waals surface area contributed by atoms with Crippen molar-refractivity contribution >= 4 is 5.69 Å². The van der Waals surface area contributed by atoms with Crippen LogP contribution in [-0.2, 0) is 0 Å². The number of nitro benzene ring substituents is 1. The van der Waals surface area contributed by atoms with Crippen molar-refractivity contribution in [3.8, 4) is 5.75 Å². The van der Waals surface area contributed by atoms with Gasteiger partial charge in [-0.25, -0.2) is 8.78 Å². The summed E-state index contributed by atoms with van der Waals surface area (Å²) in [4.78, 5) is 9.55. The molecule has 0 heterocycles. The first-order valence-corrected chi connectivity index (χ1v) is 5.38. The van der Waals surface area contributed by atoms with Crippen LogP contribution in [0.4, 0.5) is 14.5 Å². The number of nitro groups is 1. The number of nitrogens with zero attached hydrogens (tertiary/aromatic N) is 1. The van der Waals surface area contributed by atoms with Crippen LogP contribution in [0, 0.1) is 21.7 Å². The number of halogens is 2. The molecule has 1 aromatic rings. The molecule has 0 atom stereocenters. The van der Waals surface area contributed by atoms with Crippen LogP contribution < -0.4 is 4.74 Å². The number of ether oxygens (including phenoxy) is 1. The molecular formula is C11H11F2NO3. The van der Waals surface area contributed by atoms with Crippen LogP contribution >= 0.6 is 0 Å². The van der Waals surface area contributed by atoms with E-state index in [9.17, 15) is 18.9 Å². The van der Waals surface area contributed by atoms with Crippen molar-refractivity contribution in [1.82, 2.24) is 0 Å². The van der Waals surface area contributed by atoms with Crippen LogP contribution in [0.1, 0.15) is 25.7 Å². The Morgan fingerprint density at radius 2 is 1.76 bits per heavy atom. The van der Waals surface area contributed by atoms with E-state index >= 15 is 0 Å². The van der Waals surface area contributed by atoms with Crippen molar-refractivity contribution < 1.29 is 18.4 Å². The number of benzene rings is 1. The van der Waals surface area contributed by atoms with Crippen molar-refractivity contribution in [1.29, 1.82) is 0 Å². The van der Waals surface area contributed by atoms with E-state index in [-0.39, 0.29) is 6.10 Å². The van der Waals surface area contributed by atoms with Gasteiger partial charge in [-0.15, -0.1) is 0 Å². The molecule has 1 aliphatic rings. The van der Waals surface area contributed by atoms with E-state index in [0.717, 1.165) is 25.7 Å². The Morgan fingerprint density at radius 1 is 1.24 bits per heavy atom. The molecule has 17 heavy (non-hydrogen) atoms. The second-order valence-electron chi connectivity index (χ2n) is 4.02. The molecule has 1 aliphatic carbocycles. The Balaban J connectivity index is 2.24. The lowest BCUT2D eigenvalue weighted by Crippen LogP contribution is -2.13. The molecule has 92 valence electrons. The Hall–Kier alpha value is -1.72. The normalized spacial score (nSPS) is 16.1. The van der Waals surface area contributed by atoms with Gasteiger partial charge in [0.2, 0.25) is 0 Å². The summed E-state index contributed by atoms with van der Waals surface area (Å²) in [5.74, 6) is -2.56. The topological polar surface area (TPSA) is 52.4 Å². The van der Waals surface area contributed by atoms with Crippen LogP contribution in [0.3, 0.4) is 0 Å². The minimum absolute atomic E-state index is 0.194. The molecule has 0 amide bonds. The van der Waals surface area contributed by atoms with E-state index in [2.05, 4.69) is 0 Å². The van der Waals surface area contributed by atoms with E-state index in [4.69, 9.17) is 4.74 Å². The zero-order valence-corrected chi connectivity index (χ0v) is 8.99. The molecular weight excluding hydrogens is 232 g/mol. The van der Waals surface area contributed by atoms with Crippen LogP contribution in [0.5, 0.6) is 5.75 Å². The molecule has 0 aromatic heterocycles. The van der Waals surface area contributed by atoms with Crippen molar-refractivity contribution in [3.63, 3.8) is 0 Å². The van der Waals surface area contributed by atoms with E-state index in [1.165, 1.54) is 0 Å². The van der Waals surface area contributed by atoms with Crippen molar-refractivity contribution in [2.75, 3.05) is 0 Å². The third kappa shape index (κ3) is 2.51. The van der Waals surface area contributed by atoms with Crippen molar-refractivity contribution in [2.45, 2.75) is 31.8 Å². The summed E-state index contributed by atoms with van der Waals surface area (Å²) in [6, 6.07) is 1.35. The quantitative estimate of drug-likeness (QED) is 0.605. The molecule has 0 unspecified atom stereocenters. The van der Waals surface area contributed by atoms with Gasteiger partial charge >= 0.3 is 0 Å². The van der Waals surface area contributed by atoms with E-state index < -0.39 is 28.0 Å². The largest absolute Gasteiger partial charge is 0.484 e. The third-order valence-electron chi connectivity index (χ3n) is 2.78. The number of rotatable bonds is 3. The maximum absolute atomic E-state index is 13.5. The average molecular weight is 243 g/mol. The average Bonchev–Trinajstić information content (AvgIpc) is 2.75. The molecule has 0 bridgehead atoms. The fourth-order valence-electron chi connectivity index (χ4n) is 1.94. The fourth-order valence-corrected chi connectivity index (χ4v) is 1.94. The molecule has 0 N–H and O–H groups in total. The molecule has 6 heteroatoms. The van der Waals surface area contributed by atoms with Gasteiger partial charge in [0.15, 0.2) is 17.4 Å². The molecule has 0 aliphatic heterocycles. The van der Waals surface area contributed by atoms with Crippen LogP contribution in [0.15, 0.2) is 12.1 Å². The van der Waals surface area contributed by atoms with Gasteiger partial charge in [-0.05, 0) is 25.7 Å². The zero-order valence-electron chi connectivity index (χ0n) is 8.99. The van der Waals surface area contributed by atoms with Crippen LogP contribution in [-0.4, -0.2) is 11.0 Å². The lowest BCUT2D eigenvalue weighted by Gasteiger charge is -2.13. The lowest BCUT2D eigenvalue weighted by atomic mass is 10.2. The first-order valence-electron chi connectivity index (χ1n) is 5.38. The highest BCUT2D eigenvalue weighted by Crippen LogP contribution is 2.30. The Kier molecular flexibility index (Phi) is 3.21. The number of non-ortho nitro benzene ring substituents is 1. The predicted molar refractivity (Wildman–Crippen MR) is 55.9 cm³/mol. The fraction of sp³-hybridized carbons (Fsp3) is 0.455. The first-order chi connectivity index (χ1) is 8.08. The molecule has 2 rings (SSSR count). The monoisotopic (exact) mass is 243 g/mol.